The highest BCUT2D eigenvalue weighted by atomic mass is 35.5. The van der Waals surface area contributed by atoms with E-state index in [0.717, 1.165) is 24.1 Å². The molecule has 1 aromatic carbocycles. The van der Waals surface area contributed by atoms with Crippen LogP contribution in [0.1, 0.15) is 61.6 Å². The molecule has 1 aliphatic rings. The van der Waals surface area contributed by atoms with Gasteiger partial charge in [-0.3, -0.25) is 14.2 Å². The van der Waals surface area contributed by atoms with E-state index in [9.17, 15) is 9.59 Å². The molecule has 1 N–H and O–H groups in total. The number of aryl methyl sites for hydroxylation is 2. The first-order chi connectivity index (χ1) is 12.9. The molecule has 0 spiro atoms. The molecule has 0 saturated carbocycles. The lowest BCUT2D eigenvalue weighted by atomic mass is 10.0. The average Bonchev–Trinajstić information content (AvgIpc) is 3.02. The summed E-state index contributed by atoms with van der Waals surface area (Å²) in [6, 6.07) is 3.87. The van der Waals surface area contributed by atoms with Gasteiger partial charge in [0.05, 0.1) is 10.7 Å². The van der Waals surface area contributed by atoms with E-state index in [2.05, 4.69) is 19.2 Å². The fraction of sp³-hybridized carbons (Fsp3) is 0.476. The number of hydrogen-bond donors (Lipinski definition) is 1. The molecule has 0 aliphatic heterocycles. The molecule has 1 aliphatic carbocycles. The van der Waals surface area contributed by atoms with Crippen LogP contribution in [-0.2, 0) is 19.9 Å². The lowest BCUT2D eigenvalue weighted by Gasteiger charge is -2.20. The van der Waals surface area contributed by atoms with Crippen molar-refractivity contribution in [2.45, 2.75) is 58.9 Å². The Labute approximate surface area is 164 Å². The van der Waals surface area contributed by atoms with Gasteiger partial charge in [-0.2, -0.15) is 0 Å². The number of halogens is 1. The second kappa shape index (κ2) is 7.85. The molecule has 0 saturated heterocycles. The maximum absolute atomic E-state index is 13.1. The number of carbonyl (C=O) groups is 1. The number of hydrogen-bond acceptors (Lipinski definition) is 4. The Balaban J connectivity index is 2.14. The predicted molar refractivity (Wildman–Crippen MR) is 110 cm³/mol. The number of benzene rings is 1. The SMILES string of the molecule is CCc1nc(-c2cc3c(cc2Cl)C(=O)CC3)n(C)c(=O)c1NC(CC)CC. The van der Waals surface area contributed by atoms with E-state index < -0.39 is 0 Å². The first-order valence-electron chi connectivity index (χ1n) is 9.63. The Morgan fingerprint density at radius 3 is 2.48 bits per heavy atom. The summed E-state index contributed by atoms with van der Waals surface area (Å²) in [5.41, 5.74) is 3.59. The number of fused-ring (bicyclic) bond motifs is 1. The second-order valence-electron chi connectivity index (χ2n) is 7.04. The van der Waals surface area contributed by atoms with Crippen LogP contribution in [0.4, 0.5) is 5.69 Å². The molecule has 5 nitrogen and oxygen atoms in total. The number of Topliss-reactive ketones (excluding diaryl/α,β-unsaturated/α-hetero) is 1. The minimum absolute atomic E-state index is 0.101. The van der Waals surface area contributed by atoms with Crippen molar-refractivity contribution in [3.05, 3.63) is 44.3 Å². The van der Waals surface area contributed by atoms with Gasteiger partial charge in [0.25, 0.3) is 5.56 Å². The minimum atomic E-state index is -0.101. The number of aromatic nitrogens is 2. The van der Waals surface area contributed by atoms with Gasteiger partial charge in [-0.05, 0) is 43.4 Å². The molecular formula is C21H26ClN3O2. The lowest BCUT2D eigenvalue weighted by molar-refractivity contribution is 0.0994. The predicted octanol–water partition coefficient (Wildman–Crippen LogP) is 4.39. The molecule has 0 unspecified atom stereocenters. The molecule has 1 aromatic heterocycles. The van der Waals surface area contributed by atoms with Gasteiger partial charge in [-0.1, -0.05) is 32.4 Å². The Morgan fingerprint density at radius 1 is 1.15 bits per heavy atom. The van der Waals surface area contributed by atoms with Crippen LogP contribution < -0.4 is 10.9 Å². The van der Waals surface area contributed by atoms with Crippen LogP contribution in [0.3, 0.4) is 0 Å². The van der Waals surface area contributed by atoms with Crippen molar-refractivity contribution in [3.63, 3.8) is 0 Å². The molecule has 0 amide bonds. The van der Waals surface area contributed by atoms with Gasteiger partial charge in [0.1, 0.15) is 11.5 Å². The molecule has 1 heterocycles. The van der Waals surface area contributed by atoms with Crippen LogP contribution in [-0.4, -0.2) is 21.4 Å². The number of carbonyl (C=O) groups excluding carboxylic acids is 1. The zero-order chi connectivity index (χ0) is 19.7. The Kier molecular flexibility index (Phi) is 5.70. The van der Waals surface area contributed by atoms with E-state index in [1.54, 1.807) is 17.7 Å². The van der Waals surface area contributed by atoms with Crippen LogP contribution in [0.25, 0.3) is 11.4 Å². The van der Waals surface area contributed by atoms with E-state index in [4.69, 9.17) is 16.6 Å². The smallest absolute Gasteiger partial charge is 0.277 e. The topological polar surface area (TPSA) is 64.0 Å². The summed E-state index contributed by atoms with van der Waals surface area (Å²) < 4.78 is 1.55. The molecular weight excluding hydrogens is 362 g/mol. The zero-order valence-corrected chi connectivity index (χ0v) is 17.1. The van der Waals surface area contributed by atoms with E-state index in [1.165, 1.54) is 0 Å². The number of nitrogens with one attached hydrogen (secondary N) is 1. The molecule has 3 rings (SSSR count). The highest BCUT2D eigenvalue weighted by Gasteiger charge is 2.24. The Hall–Kier alpha value is -2.14. The van der Waals surface area contributed by atoms with Gasteiger partial charge in [0.15, 0.2) is 5.78 Å². The first kappa shape index (κ1) is 19.6. The van der Waals surface area contributed by atoms with E-state index in [1.807, 2.05) is 13.0 Å². The van der Waals surface area contributed by atoms with Crippen molar-refractivity contribution in [2.75, 3.05) is 5.32 Å². The van der Waals surface area contributed by atoms with E-state index >= 15 is 0 Å². The van der Waals surface area contributed by atoms with Gasteiger partial charge < -0.3 is 5.32 Å². The highest BCUT2D eigenvalue weighted by molar-refractivity contribution is 6.33. The normalized spacial score (nSPS) is 13.3. The molecule has 2 aromatic rings. The maximum Gasteiger partial charge on any atom is 0.277 e. The molecule has 6 heteroatoms. The molecule has 0 radical (unpaired) electrons. The second-order valence-corrected chi connectivity index (χ2v) is 7.45. The van der Waals surface area contributed by atoms with Gasteiger partial charge in [-0.25, -0.2) is 4.98 Å². The summed E-state index contributed by atoms with van der Waals surface area (Å²) >= 11 is 6.47. The fourth-order valence-electron chi connectivity index (χ4n) is 3.62. The third-order valence-corrected chi connectivity index (χ3v) is 5.70. The van der Waals surface area contributed by atoms with Crippen molar-refractivity contribution in [2.24, 2.45) is 7.05 Å². The number of ketones is 1. The zero-order valence-electron chi connectivity index (χ0n) is 16.4. The van der Waals surface area contributed by atoms with Crippen molar-refractivity contribution >= 4 is 23.1 Å². The summed E-state index contributed by atoms with van der Waals surface area (Å²) in [6.07, 6.45) is 3.75. The van der Waals surface area contributed by atoms with Crippen LogP contribution in [0.2, 0.25) is 5.02 Å². The lowest BCUT2D eigenvalue weighted by Crippen LogP contribution is -2.30. The van der Waals surface area contributed by atoms with Crippen molar-refractivity contribution < 1.29 is 4.79 Å². The van der Waals surface area contributed by atoms with Crippen molar-refractivity contribution in [1.82, 2.24) is 9.55 Å². The monoisotopic (exact) mass is 387 g/mol. The van der Waals surface area contributed by atoms with Crippen molar-refractivity contribution in [1.29, 1.82) is 0 Å². The highest BCUT2D eigenvalue weighted by Crippen LogP contribution is 2.33. The van der Waals surface area contributed by atoms with Crippen LogP contribution in [0.5, 0.6) is 0 Å². The fourth-order valence-corrected chi connectivity index (χ4v) is 3.87. The van der Waals surface area contributed by atoms with Gasteiger partial charge in [-0.15, -0.1) is 0 Å². The maximum atomic E-state index is 13.1. The summed E-state index contributed by atoms with van der Waals surface area (Å²) in [6.45, 7) is 6.20. The molecule has 0 bridgehead atoms. The van der Waals surface area contributed by atoms with Crippen molar-refractivity contribution in [3.8, 4) is 11.4 Å². The third kappa shape index (κ3) is 3.53. The minimum Gasteiger partial charge on any atom is -0.376 e. The molecule has 27 heavy (non-hydrogen) atoms. The van der Waals surface area contributed by atoms with Crippen LogP contribution >= 0.6 is 11.6 Å². The van der Waals surface area contributed by atoms with E-state index in [0.29, 0.717) is 46.9 Å². The quantitative estimate of drug-likeness (QED) is 0.798. The summed E-state index contributed by atoms with van der Waals surface area (Å²) in [7, 11) is 1.72. The van der Waals surface area contributed by atoms with Gasteiger partial charge >= 0.3 is 0 Å². The van der Waals surface area contributed by atoms with Crippen LogP contribution in [0, 0.1) is 0 Å². The van der Waals surface area contributed by atoms with E-state index in [-0.39, 0.29) is 17.4 Å². The molecule has 0 fully saturated rings. The van der Waals surface area contributed by atoms with Gasteiger partial charge in [0.2, 0.25) is 0 Å². The summed E-state index contributed by atoms with van der Waals surface area (Å²) in [5.74, 6) is 0.665. The third-order valence-electron chi connectivity index (χ3n) is 5.39. The number of nitrogens with zero attached hydrogens (tertiary/aromatic N) is 2. The Morgan fingerprint density at radius 2 is 1.85 bits per heavy atom. The first-order valence-corrected chi connectivity index (χ1v) is 10.0. The largest absolute Gasteiger partial charge is 0.376 e. The summed E-state index contributed by atoms with van der Waals surface area (Å²) in [4.78, 5) is 29.8. The standard InChI is InChI=1S/C21H26ClN3O2/c1-5-13(6-2)23-19-17(7-3)24-20(25(4)21(19)27)15-10-12-8-9-18(26)14(12)11-16(15)22/h10-11,13,23H,5-9H2,1-4H3. The Bertz CT molecular complexity index is 945. The number of rotatable bonds is 6. The summed E-state index contributed by atoms with van der Waals surface area (Å²) in [5, 5.41) is 3.83. The molecule has 0 atom stereocenters. The van der Waals surface area contributed by atoms with Crippen LogP contribution in [0.15, 0.2) is 16.9 Å². The molecule has 144 valence electrons. The average molecular weight is 388 g/mol. The van der Waals surface area contributed by atoms with Gasteiger partial charge in [0, 0.05) is 30.6 Å². The number of anilines is 1.